The predicted molar refractivity (Wildman–Crippen MR) is 137 cm³/mol. The minimum Gasteiger partial charge on any atom is -0.357 e. The van der Waals surface area contributed by atoms with E-state index in [1.807, 2.05) is 37.3 Å². The van der Waals surface area contributed by atoms with Gasteiger partial charge in [-0.2, -0.15) is 0 Å². The van der Waals surface area contributed by atoms with Crippen molar-refractivity contribution in [2.24, 2.45) is 0 Å². The van der Waals surface area contributed by atoms with Crippen molar-refractivity contribution in [1.29, 1.82) is 0 Å². The van der Waals surface area contributed by atoms with Crippen LogP contribution in [0.5, 0.6) is 0 Å². The molecule has 0 saturated carbocycles. The summed E-state index contributed by atoms with van der Waals surface area (Å²) in [6, 6.07) is 25.5. The number of carbonyl (C=O) groups excluding carboxylic acids is 2. The molecule has 7 nitrogen and oxygen atoms in total. The average molecular weight is 494 g/mol. The van der Waals surface area contributed by atoms with E-state index < -0.39 is 28.5 Å². The van der Waals surface area contributed by atoms with E-state index in [0.29, 0.717) is 18.5 Å². The van der Waals surface area contributed by atoms with Crippen molar-refractivity contribution in [2.75, 3.05) is 24.4 Å². The fourth-order valence-electron chi connectivity index (χ4n) is 3.91. The highest BCUT2D eigenvalue weighted by Gasteiger charge is 2.33. The molecule has 0 radical (unpaired) electrons. The molecule has 0 bridgehead atoms. The van der Waals surface area contributed by atoms with Crippen LogP contribution in [0.4, 0.5) is 5.69 Å². The molecular formula is C27H31N3O4S. The van der Waals surface area contributed by atoms with Gasteiger partial charge in [-0.1, -0.05) is 73.7 Å². The second kappa shape index (κ2) is 12.2. The summed E-state index contributed by atoms with van der Waals surface area (Å²) in [5.41, 5.74) is 1.40. The summed E-state index contributed by atoms with van der Waals surface area (Å²) < 4.78 is 28.3. The molecule has 0 saturated heterocycles. The number of amides is 2. The number of nitrogens with one attached hydrogen (secondary N) is 1. The van der Waals surface area contributed by atoms with Crippen molar-refractivity contribution < 1.29 is 18.0 Å². The van der Waals surface area contributed by atoms with E-state index in [0.717, 1.165) is 9.87 Å². The molecule has 1 unspecified atom stereocenters. The fourth-order valence-corrected chi connectivity index (χ4v) is 5.34. The van der Waals surface area contributed by atoms with Gasteiger partial charge in [0, 0.05) is 13.6 Å². The van der Waals surface area contributed by atoms with Crippen LogP contribution < -0.4 is 9.62 Å². The lowest BCUT2D eigenvalue weighted by Gasteiger charge is -2.33. The topological polar surface area (TPSA) is 86.8 Å². The van der Waals surface area contributed by atoms with Crippen LogP contribution in [0.25, 0.3) is 0 Å². The highest BCUT2D eigenvalue weighted by atomic mass is 32.2. The maximum atomic E-state index is 13.7. The molecule has 1 N–H and O–H groups in total. The molecule has 0 aliphatic heterocycles. The molecule has 0 spiro atoms. The minimum atomic E-state index is -4.02. The van der Waals surface area contributed by atoms with Gasteiger partial charge in [0.1, 0.15) is 12.6 Å². The number of hydrogen-bond donors (Lipinski definition) is 1. The lowest BCUT2D eigenvalue weighted by Crippen LogP contribution is -2.52. The first kappa shape index (κ1) is 26.0. The molecule has 0 aromatic heterocycles. The van der Waals surface area contributed by atoms with Crippen molar-refractivity contribution in [3.05, 3.63) is 96.6 Å². The maximum Gasteiger partial charge on any atom is 0.264 e. The van der Waals surface area contributed by atoms with Gasteiger partial charge in [-0.15, -0.1) is 0 Å². The molecule has 3 rings (SSSR count). The monoisotopic (exact) mass is 493 g/mol. The molecule has 1 atom stereocenters. The van der Waals surface area contributed by atoms with Gasteiger partial charge in [-0.05, 0) is 42.7 Å². The first-order valence-electron chi connectivity index (χ1n) is 11.6. The third-order valence-corrected chi connectivity index (χ3v) is 7.56. The van der Waals surface area contributed by atoms with Crippen LogP contribution in [0.3, 0.4) is 0 Å². The zero-order chi connectivity index (χ0) is 25.3. The van der Waals surface area contributed by atoms with Crippen LogP contribution in [-0.4, -0.2) is 51.3 Å². The quantitative estimate of drug-likeness (QED) is 0.443. The fraction of sp³-hybridized carbons (Fsp3) is 0.259. The third-order valence-electron chi connectivity index (χ3n) is 5.77. The number of nitrogens with zero attached hydrogens (tertiary/aromatic N) is 2. The van der Waals surface area contributed by atoms with E-state index in [-0.39, 0.29) is 17.3 Å². The first-order valence-corrected chi connectivity index (χ1v) is 13.0. The maximum absolute atomic E-state index is 13.7. The Labute approximate surface area is 207 Å². The van der Waals surface area contributed by atoms with E-state index in [2.05, 4.69) is 5.32 Å². The first-order chi connectivity index (χ1) is 16.9. The number of benzene rings is 3. The number of anilines is 1. The highest BCUT2D eigenvalue weighted by Crippen LogP contribution is 2.24. The van der Waals surface area contributed by atoms with Gasteiger partial charge in [-0.3, -0.25) is 13.9 Å². The van der Waals surface area contributed by atoms with E-state index in [9.17, 15) is 18.0 Å². The minimum absolute atomic E-state index is 0.0887. The number of likely N-dealkylation sites (N-methyl/N-ethyl adjacent to an activating group) is 1. The Kier molecular flexibility index (Phi) is 9.03. The van der Waals surface area contributed by atoms with E-state index >= 15 is 0 Å². The molecular weight excluding hydrogens is 462 g/mol. The molecule has 2 amide bonds. The Morgan fingerprint density at radius 3 is 1.94 bits per heavy atom. The summed E-state index contributed by atoms with van der Waals surface area (Å²) in [5.74, 6) is -0.731. The van der Waals surface area contributed by atoms with E-state index in [1.54, 1.807) is 48.5 Å². The lowest BCUT2D eigenvalue weighted by molar-refractivity contribution is -0.139. The number of hydrogen-bond acceptors (Lipinski definition) is 4. The largest absolute Gasteiger partial charge is 0.357 e. The molecule has 3 aromatic rings. The summed E-state index contributed by atoms with van der Waals surface area (Å²) in [4.78, 5) is 27.9. The Morgan fingerprint density at radius 2 is 1.40 bits per heavy atom. The zero-order valence-electron chi connectivity index (χ0n) is 20.0. The Morgan fingerprint density at radius 1 is 0.857 bits per heavy atom. The van der Waals surface area contributed by atoms with Gasteiger partial charge in [-0.25, -0.2) is 8.42 Å². The number of para-hydroxylation sites is 1. The average Bonchev–Trinajstić information content (AvgIpc) is 2.90. The Hall–Kier alpha value is -3.65. The van der Waals surface area contributed by atoms with Gasteiger partial charge >= 0.3 is 0 Å². The summed E-state index contributed by atoms with van der Waals surface area (Å²) in [6.45, 7) is 1.69. The van der Waals surface area contributed by atoms with Crippen molar-refractivity contribution in [1.82, 2.24) is 10.2 Å². The number of rotatable bonds is 11. The lowest BCUT2D eigenvalue weighted by atomic mass is 10.1. The van der Waals surface area contributed by atoms with Crippen LogP contribution in [0.2, 0.25) is 0 Å². The second-order valence-electron chi connectivity index (χ2n) is 8.02. The van der Waals surface area contributed by atoms with Crippen molar-refractivity contribution >= 4 is 27.5 Å². The SMILES string of the molecule is CCC(C(=O)NC)N(CCc1ccccc1)C(=O)CN(c1ccccc1)S(=O)(=O)c1ccccc1. The van der Waals surface area contributed by atoms with Crippen molar-refractivity contribution in [2.45, 2.75) is 30.7 Å². The normalized spacial score (nSPS) is 11.9. The highest BCUT2D eigenvalue weighted by molar-refractivity contribution is 7.92. The smallest absolute Gasteiger partial charge is 0.264 e. The van der Waals surface area contributed by atoms with Crippen LogP contribution in [0.15, 0.2) is 95.9 Å². The molecule has 0 heterocycles. The number of sulfonamides is 1. The second-order valence-corrected chi connectivity index (χ2v) is 9.88. The molecule has 0 aliphatic rings. The van der Waals surface area contributed by atoms with Gasteiger partial charge in [0.2, 0.25) is 11.8 Å². The molecule has 8 heteroatoms. The molecule has 3 aromatic carbocycles. The summed E-state index contributed by atoms with van der Waals surface area (Å²) in [6.07, 6.45) is 0.938. The van der Waals surface area contributed by atoms with E-state index in [1.165, 1.54) is 24.1 Å². The third kappa shape index (κ3) is 6.48. The Balaban J connectivity index is 1.96. The van der Waals surface area contributed by atoms with Crippen molar-refractivity contribution in [3.8, 4) is 0 Å². The van der Waals surface area contributed by atoms with Gasteiger partial charge in [0.25, 0.3) is 10.0 Å². The van der Waals surface area contributed by atoms with Crippen LogP contribution >= 0.6 is 0 Å². The van der Waals surface area contributed by atoms with Gasteiger partial charge in [0.15, 0.2) is 0 Å². The molecule has 184 valence electrons. The zero-order valence-corrected chi connectivity index (χ0v) is 20.8. The molecule has 0 aliphatic carbocycles. The molecule has 35 heavy (non-hydrogen) atoms. The van der Waals surface area contributed by atoms with Crippen LogP contribution in [0.1, 0.15) is 18.9 Å². The number of carbonyl (C=O) groups is 2. The van der Waals surface area contributed by atoms with Gasteiger partial charge in [0.05, 0.1) is 10.6 Å². The molecule has 0 fully saturated rings. The van der Waals surface area contributed by atoms with Crippen LogP contribution in [0, 0.1) is 0 Å². The summed E-state index contributed by atoms with van der Waals surface area (Å²) in [7, 11) is -2.49. The van der Waals surface area contributed by atoms with E-state index in [4.69, 9.17) is 0 Å². The summed E-state index contributed by atoms with van der Waals surface area (Å²) in [5, 5.41) is 2.63. The van der Waals surface area contributed by atoms with Gasteiger partial charge < -0.3 is 10.2 Å². The Bertz CT molecular complexity index is 1200. The van der Waals surface area contributed by atoms with Crippen molar-refractivity contribution in [3.63, 3.8) is 0 Å². The van der Waals surface area contributed by atoms with Crippen LogP contribution in [-0.2, 0) is 26.0 Å². The summed E-state index contributed by atoms with van der Waals surface area (Å²) >= 11 is 0. The standard InChI is InChI=1S/C27H31N3O4S/c1-3-25(27(32)28-2)29(20-19-22-13-7-4-8-14-22)26(31)21-30(23-15-9-5-10-16-23)35(33,34)24-17-11-6-12-18-24/h4-18,25H,3,19-21H2,1-2H3,(H,28,32). The predicted octanol–water partition coefficient (Wildman–Crippen LogP) is 3.48.